The summed E-state index contributed by atoms with van der Waals surface area (Å²) in [6.07, 6.45) is -0.428. The molecule has 1 aliphatic rings. The molecule has 1 aliphatic heterocycles. The Balaban J connectivity index is -0.000000853. The third-order valence-electron chi connectivity index (χ3n) is 2.45. The van der Waals surface area contributed by atoms with Crippen molar-refractivity contribution >= 4 is 7.60 Å². The molecule has 120 valence electrons. The highest BCUT2D eigenvalue weighted by atomic mass is 31.2. The summed E-state index contributed by atoms with van der Waals surface area (Å²) < 4.78 is 21.9. The van der Waals surface area contributed by atoms with Gasteiger partial charge in [0, 0.05) is 6.42 Å². The van der Waals surface area contributed by atoms with E-state index in [4.69, 9.17) is 9.26 Å². The van der Waals surface area contributed by atoms with Gasteiger partial charge in [-0.25, -0.2) is 0 Å². The fourth-order valence-electron chi connectivity index (χ4n) is 1.79. The molecule has 0 aromatic carbocycles. The standard InChI is InChI=1S/C10H21O5P.3CH4/c1-7(2)6-16(12,13)14-5-10-9(11)4-8(3)15-10;;;/h7-11H,4-6H2,1-3H3,(H,12,13);3*1H4. The second kappa shape index (κ2) is 9.89. The van der Waals surface area contributed by atoms with Gasteiger partial charge in [-0.2, -0.15) is 0 Å². The molecule has 0 bridgehead atoms. The lowest BCUT2D eigenvalue weighted by atomic mass is 10.1. The Morgan fingerprint density at radius 1 is 1.37 bits per heavy atom. The molecule has 0 radical (unpaired) electrons. The number of aliphatic hydroxyl groups is 1. The lowest BCUT2D eigenvalue weighted by Crippen LogP contribution is -2.26. The third kappa shape index (κ3) is 8.77. The maximum absolute atomic E-state index is 11.6. The molecule has 0 spiro atoms. The average Bonchev–Trinajstić information content (AvgIpc) is 2.39. The topological polar surface area (TPSA) is 76.0 Å². The second-order valence-corrected chi connectivity index (χ2v) is 6.70. The normalized spacial score (nSPS) is 28.8. The summed E-state index contributed by atoms with van der Waals surface area (Å²) in [5.41, 5.74) is 0. The minimum Gasteiger partial charge on any atom is -0.390 e. The van der Waals surface area contributed by atoms with E-state index in [0.717, 1.165) is 0 Å². The zero-order valence-corrected chi connectivity index (χ0v) is 10.9. The first-order valence-electron chi connectivity index (χ1n) is 5.60. The Labute approximate surface area is 118 Å². The van der Waals surface area contributed by atoms with Crippen molar-refractivity contribution in [1.29, 1.82) is 0 Å². The lowest BCUT2D eigenvalue weighted by molar-refractivity contribution is -0.0130. The van der Waals surface area contributed by atoms with Crippen LogP contribution >= 0.6 is 7.60 Å². The lowest BCUT2D eigenvalue weighted by Gasteiger charge is -2.18. The van der Waals surface area contributed by atoms with Crippen LogP contribution in [0.4, 0.5) is 0 Å². The molecule has 0 saturated carbocycles. The molecule has 0 aromatic heterocycles. The number of aliphatic hydroxyl groups excluding tert-OH is 1. The fraction of sp³-hybridized carbons (Fsp3) is 1.00. The smallest absolute Gasteiger partial charge is 0.328 e. The molecule has 19 heavy (non-hydrogen) atoms. The Hall–Kier alpha value is 0.0700. The van der Waals surface area contributed by atoms with Gasteiger partial charge in [0.1, 0.15) is 6.10 Å². The second-order valence-electron chi connectivity index (χ2n) is 4.80. The van der Waals surface area contributed by atoms with Gasteiger partial charge in [0.15, 0.2) is 0 Å². The van der Waals surface area contributed by atoms with Crippen molar-refractivity contribution in [2.75, 3.05) is 12.8 Å². The summed E-state index contributed by atoms with van der Waals surface area (Å²) in [5.74, 6) is 0.101. The molecule has 0 amide bonds. The Morgan fingerprint density at radius 3 is 2.26 bits per heavy atom. The largest absolute Gasteiger partial charge is 0.390 e. The number of rotatable bonds is 5. The number of hydrogen-bond donors (Lipinski definition) is 2. The van der Waals surface area contributed by atoms with Gasteiger partial charge >= 0.3 is 7.60 Å². The molecular formula is C13H33O5P. The molecule has 1 fully saturated rings. The molecule has 0 aromatic rings. The van der Waals surface area contributed by atoms with Gasteiger partial charge in [-0.1, -0.05) is 36.1 Å². The summed E-state index contributed by atoms with van der Waals surface area (Å²) in [6, 6.07) is 0. The van der Waals surface area contributed by atoms with Crippen LogP contribution in [-0.4, -0.2) is 41.1 Å². The molecule has 1 rings (SSSR count). The molecule has 1 saturated heterocycles. The highest BCUT2D eigenvalue weighted by molar-refractivity contribution is 7.52. The maximum atomic E-state index is 11.6. The SMILES string of the molecule is C.C.C.CC(C)CP(=O)(O)OCC1OC(C)CC1O. The zero-order chi connectivity index (χ0) is 12.3. The quantitative estimate of drug-likeness (QED) is 0.762. The van der Waals surface area contributed by atoms with Crippen molar-refractivity contribution in [2.45, 2.75) is 67.8 Å². The molecular weight excluding hydrogens is 267 g/mol. The van der Waals surface area contributed by atoms with E-state index in [0.29, 0.717) is 6.42 Å². The summed E-state index contributed by atoms with van der Waals surface area (Å²) in [5, 5.41) is 9.56. The van der Waals surface area contributed by atoms with Crippen LogP contribution in [0.15, 0.2) is 0 Å². The van der Waals surface area contributed by atoms with Crippen LogP contribution in [0, 0.1) is 5.92 Å². The fourth-order valence-corrected chi connectivity index (χ4v) is 3.20. The van der Waals surface area contributed by atoms with Crippen molar-refractivity contribution < 1.29 is 23.8 Å². The van der Waals surface area contributed by atoms with Gasteiger partial charge in [0.25, 0.3) is 0 Å². The minimum absolute atomic E-state index is 0. The Bertz CT molecular complexity index is 270. The van der Waals surface area contributed by atoms with Gasteiger partial charge in [-0.15, -0.1) is 0 Å². The first-order chi connectivity index (χ1) is 7.30. The van der Waals surface area contributed by atoms with E-state index < -0.39 is 19.8 Å². The van der Waals surface area contributed by atoms with Crippen LogP contribution in [0.25, 0.3) is 0 Å². The Morgan fingerprint density at radius 2 is 1.89 bits per heavy atom. The van der Waals surface area contributed by atoms with Crippen molar-refractivity contribution in [1.82, 2.24) is 0 Å². The first-order valence-corrected chi connectivity index (χ1v) is 7.36. The van der Waals surface area contributed by atoms with Crippen LogP contribution < -0.4 is 0 Å². The van der Waals surface area contributed by atoms with Gasteiger partial charge in [-0.3, -0.25) is 4.57 Å². The van der Waals surface area contributed by atoms with E-state index in [1.165, 1.54) is 0 Å². The van der Waals surface area contributed by atoms with Crippen molar-refractivity contribution in [3.05, 3.63) is 0 Å². The summed E-state index contributed by atoms with van der Waals surface area (Å²) >= 11 is 0. The predicted octanol–water partition coefficient (Wildman–Crippen LogP) is 3.29. The van der Waals surface area contributed by atoms with Gasteiger partial charge < -0.3 is 19.3 Å². The first kappa shape index (κ1) is 24.1. The van der Waals surface area contributed by atoms with E-state index in [-0.39, 0.29) is 47.1 Å². The highest BCUT2D eigenvalue weighted by Gasteiger charge is 2.33. The third-order valence-corrected chi connectivity index (χ3v) is 4.19. The van der Waals surface area contributed by atoms with Crippen LogP contribution in [0.3, 0.4) is 0 Å². The molecule has 4 unspecified atom stereocenters. The van der Waals surface area contributed by atoms with Crippen molar-refractivity contribution in [3.63, 3.8) is 0 Å². The molecule has 5 nitrogen and oxygen atoms in total. The Kier molecular flexibility index (Phi) is 12.6. The molecule has 2 N–H and O–H groups in total. The van der Waals surface area contributed by atoms with Crippen LogP contribution in [0.2, 0.25) is 0 Å². The van der Waals surface area contributed by atoms with Crippen LogP contribution in [0.5, 0.6) is 0 Å². The highest BCUT2D eigenvalue weighted by Crippen LogP contribution is 2.44. The zero-order valence-electron chi connectivity index (χ0n) is 10.00. The maximum Gasteiger partial charge on any atom is 0.328 e. The van der Waals surface area contributed by atoms with Crippen LogP contribution in [0.1, 0.15) is 49.5 Å². The molecule has 1 heterocycles. The monoisotopic (exact) mass is 300 g/mol. The van der Waals surface area contributed by atoms with E-state index in [9.17, 15) is 14.6 Å². The minimum atomic E-state index is -3.54. The van der Waals surface area contributed by atoms with E-state index in [1.807, 2.05) is 20.8 Å². The average molecular weight is 300 g/mol. The van der Waals surface area contributed by atoms with Gasteiger partial charge in [-0.05, 0) is 12.8 Å². The number of ether oxygens (including phenoxy) is 1. The van der Waals surface area contributed by atoms with E-state index in [2.05, 4.69) is 0 Å². The molecule has 0 aliphatic carbocycles. The summed E-state index contributed by atoms with van der Waals surface area (Å²) in [7, 11) is -3.54. The van der Waals surface area contributed by atoms with E-state index >= 15 is 0 Å². The van der Waals surface area contributed by atoms with Crippen molar-refractivity contribution in [2.24, 2.45) is 5.92 Å². The summed E-state index contributed by atoms with van der Waals surface area (Å²) in [4.78, 5) is 9.49. The van der Waals surface area contributed by atoms with E-state index in [1.54, 1.807) is 0 Å². The van der Waals surface area contributed by atoms with Gasteiger partial charge in [0.05, 0.1) is 25.0 Å². The molecule has 6 heteroatoms. The summed E-state index contributed by atoms with van der Waals surface area (Å²) in [6.45, 7) is 5.55. The number of hydrogen-bond acceptors (Lipinski definition) is 4. The predicted molar refractivity (Wildman–Crippen MR) is 80.6 cm³/mol. The van der Waals surface area contributed by atoms with Crippen molar-refractivity contribution in [3.8, 4) is 0 Å². The molecule has 4 atom stereocenters. The van der Waals surface area contributed by atoms with Gasteiger partial charge in [0.2, 0.25) is 0 Å². The van der Waals surface area contributed by atoms with Crippen LogP contribution in [-0.2, 0) is 13.8 Å².